The predicted molar refractivity (Wildman–Crippen MR) is 89.8 cm³/mol. The summed E-state index contributed by atoms with van der Waals surface area (Å²) in [6.07, 6.45) is 0. The van der Waals surface area contributed by atoms with Gasteiger partial charge in [-0.15, -0.1) is 11.8 Å². The van der Waals surface area contributed by atoms with E-state index < -0.39 is 0 Å². The topological polar surface area (TPSA) is 38.3 Å². The smallest absolute Gasteiger partial charge is 0.257 e. The Kier molecular flexibility index (Phi) is 6.74. The number of carbonyl (C=O) groups excluding carboxylic acids is 1. The number of carbonyl (C=O) groups is 1. The molecule has 3 nitrogen and oxygen atoms in total. The minimum absolute atomic E-state index is 0.119. The molecule has 0 fully saturated rings. The van der Waals surface area contributed by atoms with Crippen LogP contribution in [0.15, 0.2) is 57.9 Å². The van der Waals surface area contributed by atoms with E-state index in [0.717, 1.165) is 15.1 Å². The van der Waals surface area contributed by atoms with Gasteiger partial charge in [-0.2, -0.15) is 0 Å². The molecule has 0 aliphatic heterocycles. The highest BCUT2D eigenvalue weighted by Crippen LogP contribution is 2.19. The Hall–Kier alpha value is -1.53. The highest BCUT2D eigenvalue weighted by atomic mass is 79.9. The summed E-state index contributed by atoms with van der Waals surface area (Å²) in [6, 6.07) is 13.7. The maximum absolute atomic E-state index is 12.9. The molecule has 22 heavy (non-hydrogen) atoms. The Bertz CT molecular complexity index is 622. The van der Waals surface area contributed by atoms with Crippen LogP contribution in [0.2, 0.25) is 0 Å². The summed E-state index contributed by atoms with van der Waals surface area (Å²) in [5.41, 5.74) is 0. The van der Waals surface area contributed by atoms with Crippen molar-refractivity contribution in [3.05, 3.63) is 58.8 Å². The SMILES string of the molecule is O=C(COc1cccc(F)c1)NCCSc1ccc(Br)cc1. The van der Waals surface area contributed by atoms with Crippen LogP contribution in [-0.4, -0.2) is 24.8 Å². The predicted octanol–water partition coefficient (Wildman–Crippen LogP) is 3.88. The first-order chi connectivity index (χ1) is 10.6. The molecule has 0 aromatic heterocycles. The lowest BCUT2D eigenvalue weighted by molar-refractivity contribution is -0.122. The lowest BCUT2D eigenvalue weighted by Gasteiger charge is -2.07. The first-order valence-electron chi connectivity index (χ1n) is 6.67. The van der Waals surface area contributed by atoms with Crippen molar-refractivity contribution in [3.8, 4) is 5.75 Å². The van der Waals surface area contributed by atoms with Crippen molar-refractivity contribution < 1.29 is 13.9 Å². The van der Waals surface area contributed by atoms with Crippen molar-refractivity contribution in [1.29, 1.82) is 0 Å². The van der Waals surface area contributed by atoms with Crippen LogP contribution in [0.3, 0.4) is 0 Å². The lowest BCUT2D eigenvalue weighted by atomic mass is 10.3. The summed E-state index contributed by atoms with van der Waals surface area (Å²) in [5, 5.41) is 2.76. The van der Waals surface area contributed by atoms with Crippen LogP contribution in [0, 0.1) is 5.82 Å². The maximum Gasteiger partial charge on any atom is 0.257 e. The van der Waals surface area contributed by atoms with Crippen molar-refractivity contribution in [2.75, 3.05) is 18.9 Å². The second kappa shape index (κ2) is 8.80. The normalized spacial score (nSPS) is 10.3. The number of thioether (sulfide) groups is 1. The highest BCUT2D eigenvalue weighted by molar-refractivity contribution is 9.10. The lowest BCUT2D eigenvalue weighted by Crippen LogP contribution is -2.30. The van der Waals surface area contributed by atoms with Gasteiger partial charge < -0.3 is 10.1 Å². The molecule has 2 rings (SSSR count). The van der Waals surface area contributed by atoms with Crippen LogP contribution in [0.25, 0.3) is 0 Å². The van der Waals surface area contributed by atoms with E-state index in [9.17, 15) is 9.18 Å². The number of benzene rings is 2. The summed E-state index contributed by atoms with van der Waals surface area (Å²) in [4.78, 5) is 12.8. The van der Waals surface area contributed by atoms with Gasteiger partial charge in [0.15, 0.2) is 6.61 Å². The van der Waals surface area contributed by atoms with E-state index in [4.69, 9.17) is 4.74 Å². The van der Waals surface area contributed by atoms with Crippen LogP contribution >= 0.6 is 27.7 Å². The zero-order valence-corrected chi connectivity index (χ0v) is 14.1. The van der Waals surface area contributed by atoms with Gasteiger partial charge in [-0.3, -0.25) is 4.79 Å². The number of ether oxygens (including phenoxy) is 1. The average Bonchev–Trinajstić information content (AvgIpc) is 2.51. The molecule has 116 valence electrons. The van der Waals surface area contributed by atoms with Gasteiger partial charge in [-0.05, 0) is 36.4 Å². The minimum atomic E-state index is -0.385. The number of amides is 1. The fourth-order valence-corrected chi connectivity index (χ4v) is 2.68. The molecule has 2 aromatic rings. The van der Waals surface area contributed by atoms with Crippen LogP contribution in [0.4, 0.5) is 4.39 Å². The van der Waals surface area contributed by atoms with Gasteiger partial charge in [0.1, 0.15) is 11.6 Å². The van der Waals surface area contributed by atoms with E-state index >= 15 is 0 Å². The molecular weight excluding hydrogens is 369 g/mol. The molecule has 0 radical (unpaired) electrons. The van der Waals surface area contributed by atoms with Crippen LogP contribution in [-0.2, 0) is 4.79 Å². The Balaban J connectivity index is 1.62. The second-order valence-corrected chi connectivity index (χ2v) is 6.48. The quantitative estimate of drug-likeness (QED) is 0.582. The fourth-order valence-electron chi connectivity index (χ4n) is 1.65. The van der Waals surface area contributed by atoms with E-state index in [2.05, 4.69) is 21.2 Å². The minimum Gasteiger partial charge on any atom is -0.484 e. The second-order valence-electron chi connectivity index (χ2n) is 4.40. The standard InChI is InChI=1S/C16H15BrFNO2S/c17-12-4-6-15(7-5-12)22-9-8-19-16(20)11-21-14-3-1-2-13(18)10-14/h1-7,10H,8-9,11H2,(H,19,20). The van der Waals surface area contributed by atoms with Crippen molar-refractivity contribution >= 4 is 33.6 Å². The van der Waals surface area contributed by atoms with E-state index in [1.54, 1.807) is 17.8 Å². The van der Waals surface area contributed by atoms with Crippen molar-refractivity contribution in [2.24, 2.45) is 0 Å². The largest absolute Gasteiger partial charge is 0.484 e. The zero-order chi connectivity index (χ0) is 15.8. The van der Waals surface area contributed by atoms with Gasteiger partial charge in [-0.25, -0.2) is 4.39 Å². The molecule has 0 spiro atoms. The molecule has 6 heteroatoms. The fraction of sp³-hybridized carbons (Fsp3) is 0.188. The van der Waals surface area contributed by atoms with Gasteiger partial charge in [0, 0.05) is 27.7 Å². The summed E-state index contributed by atoms with van der Waals surface area (Å²) in [5.74, 6) is 0.511. The van der Waals surface area contributed by atoms with E-state index in [1.165, 1.54) is 18.2 Å². The Labute approximate surface area is 141 Å². The number of hydrogen-bond acceptors (Lipinski definition) is 3. The van der Waals surface area contributed by atoms with Crippen LogP contribution in [0.1, 0.15) is 0 Å². The molecule has 0 bridgehead atoms. The van der Waals surface area contributed by atoms with Crippen molar-refractivity contribution in [2.45, 2.75) is 4.90 Å². The van der Waals surface area contributed by atoms with E-state index in [1.807, 2.05) is 24.3 Å². The Morgan fingerprint density at radius 3 is 2.73 bits per heavy atom. The van der Waals surface area contributed by atoms with Gasteiger partial charge in [-0.1, -0.05) is 22.0 Å². The zero-order valence-electron chi connectivity index (χ0n) is 11.7. The van der Waals surface area contributed by atoms with E-state index in [0.29, 0.717) is 12.3 Å². The molecule has 0 aliphatic carbocycles. The van der Waals surface area contributed by atoms with Crippen LogP contribution < -0.4 is 10.1 Å². The van der Waals surface area contributed by atoms with Gasteiger partial charge >= 0.3 is 0 Å². The number of hydrogen-bond donors (Lipinski definition) is 1. The Morgan fingerprint density at radius 2 is 2.00 bits per heavy atom. The third kappa shape index (κ3) is 6.07. The average molecular weight is 384 g/mol. The highest BCUT2D eigenvalue weighted by Gasteiger charge is 2.03. The summed E-state index contributed by atoms with van der Waals surface area (Å²) in [6.45, 7) is 0.429. The third-order valence-corrected chi connectivity index (χ3v) is 4.22. The van der Waals surface area contributed by atoms with Gasteiger partial charge in [0.25, 0.3) is 5.91 Å². The Morgan fingerprint density at radius 1 is 1.23 bits per heavy atom. The number of halogens is 2. The first kappa shape index (κ1) is 16.8. The molecule has 0 unspecified atom stereocenters. The summed E-state index contributed by atoms with van der Waals surface area (Å²) >= 11 is 5.05. The summed E-state index contributed by atoms with van der Waals surface area (Å²) in [7, 11) is 0. The first-order valence-corrected chi connectivity index (χ1v) is 8.45. The molecule has 0 saturated heterocycles. The van der Waals surface area contributed by atoms with E-state index in [-0.39, 0.29) is 18.3 Å². The van der Waals surface area contributed by atoms with Gasteiger partial charge in [0.2, 0.25) is 0 Å². The molecule has 1 amide bonds. The van der Waals surface area contributed by atoms with Crippen LogP contribution in [0.5, 0.6) is 5.75 Å². The molecule has 0 aliphatic rings. The number of rotatable bonds is 7. The number of nitrogens with one attached hydrogen (secondary N) is 1. The molecule has 0 saturated carbocycles. The molecule has 2 aromatic carbocycles. The molecule has 1 N–H and O–H groups in total. The molecule has 0 heterocycles. The summed E-state index contributed by atoms with van der Waals surface area (Å²) < 4.78 is 19.2. The van der Waals surface area contributed by atoms with Gasteiger partial charge in [0.05, 0.1) is 0 Å². The molecule has 0 atom stereocenters. The molecular formula is C16H15BrFNO2S. The third-order valence-electron chi connectivity index (χ3n) is 2.67. The van der Waals surface area contributed by atoms with Crippen molar-refractivity contribution in [3.63, 3.8) is 0 Å². The van der Waals surface area contributed by atoms with Crippen molar-refractivity contribution in [1.82, 2.24) is 5.32 Å². The maximum atomic E-state index is 12.9. The monoisotopic (exact) mass is 383 g/mol.